The first-order chi connectivity index (χ1) is 14.5. The molecule has 2 amide bonds. The van der Waals surface area contributed by atoms with Crippen LogP contribution < -0.4 is 11.1 Å². The van der Waals surface area contributed by atoms with Gasteiger partial charge in [-0.15, -0.1) is 0 Å². The maximum atomic E-state index is 12.4. The van der Waals surface area contributed by atoms with Gasteiger partial charge < -0.3 is 16.0 Å². The van der Waals surface area contributed by atoms with E-state index in [0.29, 0.717) is 22.6 Å². The quantitative estimate of drug-likeness (QED) is 0.379. The van der Waals surface area contributed by atoms with Gasteiger partial charge in [0, 0.05) is 32.8 Å². The number of amides is 2. The molecule has 0 saturated heterocycles. The fraction of sp³-hybridized carbons (Fsp3) is 0. The first-order valence-electron chi connectivity index (χ1n) is 9.13. The lowest BCUT2D eigenvalue weighted by Gasteiger charge is -2.05. The summed E-state index contributed by atoms with van der Waals surface area (Å²) in [5.74, 6) is -0.339. The van der Waals surface area contributed by atoms with E-state index in [2.05, 4.69) is 31.2 Å². The van der Waals surface area contributed by atoms with Gasteiger partial charge in [0.2, 0.25) is 5.91 Å². The molecule has 4 N–H and O–H groups in total. The molecule has 2 aromatic carbocycles. The van der Waals surface area contributed by atoms with Gasteiger partial charge in [-0.05, 0) is 48.0 Å². The number of anilines is 1. The predicted molar refractivity (Wildman–Crippen MR) is 122 cm³/mol. The van der Waals surface area contributed by atoms with Crippen LogP contribution in [-0.2, 0) is 4.79 Å². The van der Waals surface area contributed by atoms with Gasteiger partial charge in [0.25, 0.3) is 5.91 Å². The number of fused-ring (bicyclic) bond motifs is 1. The summed E-state index contributed by atoms with van der Waals surface area (Å²) in [5.41, 5.74) is 8.64. The maximum absolute atomic E-state index is 12.4. The number of H-pyrrole nitrogens is 1. The number of hydrogen-bond acceptors (Lipinski definition) is 3. The molecule has 7 heteroatoms. The second-order valence-electron chi connectivity index (χ2n) is 6.59. The first-order valence-corrected chi connectivity index (χ1v) is 9.92. The molecule has 0 fully saturated rings. The van der Waals surface area contributed by atoms with Crippen molar-refractivity contribution in [3.05, 3.63) is 94.1 Å². The molecule has 0 spiro atoms. The lowest BCUT2D eigenvalue weighted by molar-refractivity contribution is -0.112. The fourth-order valence-electron chi connectivity index (χ4n) is 3.07. The van der Waals surface area contributed by atoms with Crippen molar-refractivity contribution in [3.63, 3.8) is 0 Å². The van der Waals surface area contributed by atoms with E-state index in [1.54, 1.807) is 42.6 Å². The van der Waals surface area contributed by atoms with Gasteiger partial charge in [-0.2, -0.15) is 0 Å². The summed E-state index contributed by atoms with van der Waals surface area (Å²) in [6.07, 6.45) is 3.49. The Balaban J connectivity index is 1.63. The smallest absolute Gasteiger partial charge is 0.256 e. The van der Waals surface area contributed by atoms with E-state index in [4.69, 9.17) is 5.73 Å². The Kier molecular flexibility index (Phi) is 5.45. The Morgan fingerprint density at radius 2 is 1.70 bits per heavy atom. The van der Waals surface area contributed by atoms with Crippen LogP contribution in [0, 0.1) is 0 Å². The predicted octanol–water partition coefficient (Wildman–Crippen LogP) is 4.60. The number of nitrogens with two attached hydrogens (primary N) is 1. The van der Waals surface area contributed by atoms with Gasteiger partial charge in [0.15, 0.2) is 0 Å². The number of nitrogens with one attached hydrogen (secondary N) is 2. The second-order valence-corrected chi connectivity index (χ2v) is 7.50. The monoisotopic (exact) mass is 460 g/mol. The lowest BCUT2D eigenvalue weighted by atomic mass is 10.0. The summed E-state index contributed by atoms with van der Waals surface area (Å²) in [5, 5.41) is 3.60. The normalized spacial score (nSPS) is 11.4. The molecule has 0 atom stereocenters. The van der Waals surface area contributed by atoms with Crippen LogP contribution in [-0.4, -0.2) is 21.8 Å². The van der Waals surface area contributed by atoms with Crippen LogP contribution in [0.3, 0.4) is 0 Å². The van der Waals surface area contributed by atoms with E-state index in [-0.39, 0.29) is 5.91 Å². The standard InChI is InChI=1S/C23H17BrN4O2/c24-17-8-6-15(7-9-17)23(30)28-20-11-10-18-16(13-26-22(18)27-20)12-19(21(25)29)14-4-2-1-3-5-14/h1-13H,(H2,25,29)(H2,26,27,28,30)/b19-12-. The number of primary amides is 1. The Labute approximate surface area is 181 Å². The minimum absolute atomic E-state index is 0.249. The minimum atomic E-state index is -0.512. The van der Waals surface area contributed by atoms with E-state index in [1.165, 1.54) is 0 Å². The summed E-state index contributed by atoms with van der Waals surface area (Å²) in [7, 11) is 0. The highest BCUT2D eigenvalue weighted by Crippen LogP contribution is 2.24. The number of carbonyl (C=O) groups is 2. The van der Waals surface area contributed by atoms with Gasteiger partial charge in [-0.25, -0.2) is 4.98 Å². The number of pyridine rings is 1. The van der Waals surface area contributed by atoms with Crippen molar-refractivity contribution in [1.82, 2.24) is 9.97 Å². The Morgan fingerprint density at radius 3 is 2.40 bits per heavy atom. The molecule has 0 aliphatic carbocycles. The first kappa shape index (κ1) is 19.6. The van der Waals surface area contributed by atoms with E-state index < -0.39 is 5.91 Å². The molecule has 0 saturated carbocycles. The summed E-state index contributed by atoms with van der Waals surface area (Å²) in [6.45, 7) is 0. The molecule has 2 aromatic heterocycles. The second kappa shape index (κ2) is 8.34. The van der Waals surface area contributed by atoms with E-state index in [1.807, 2.05) is 36.4 Å². The molecule has 4 rings (SSSR count). The molecule has 0 radical (unpaired) electrons. The molecule has 30 heavy (non-hydrogen) atoms. The fourth-order valence-corrected chi connectivity index (χ4v) is 3.34. The molecule has 148 valence electrons. The van der Waals surface area contributed by atoms with Crippen LogP contribution in [0.4, 0.5) is 5.82 Å². The van der Waals surface area contributed by atoms with Gasteiger partial charge >= 0.3 is 0 Å². The van der Waals surface area contributed by atoms with Crippen LogP contribution in [0.15, 0.2) is 77.4 Å². The van der Waals surface area contributed by atoms with Crippen LogP contribution >= 0.6 is 15.9 Å². The van der Waals surface area contributed by atoms with Gasteiger partial charge in [0.1, 0.15) is 11.5 Å². The molecular formula is C23H17BrN4O2. The van der Waals surface area contributed by atoms with Crippen molar-refractivity contribution in [2.75, 3.05) is 5.32 Å². The summed E-state index contributed by atoms with van der Waals surface area (Å²) < 4.78 is 0.899. The third kappa shape index (κ3) is 4.16. The molecule has 4 aromatic rings. The van der Waals surface area contributed by atoms with Crippen molar-refractivity contribution in [3.8, 4) is 0 Å². The zero-order chi connectivity index (χ0) is 21.1. The molecule has 0 unspecified atom stereocenters. The summed E-state index contributed by atoms with van der Waals surface area (Å²) >= 11 is 3.35. The highest BCUT2D eigenvalue weighted by Gasteiger charge is 2.12. The van der Waals surface area contributed by atoms with Gasteiger partial charge in [-0.1, -0.05) is 46.3 Å². The van der Waals surface area contributed by atoms with Gasteiger partial charge in [-0.3, -0.25) is 9.59 Å². The summed E-state index contributed by atoms with van der Waals surface area (Å²) in [6, 6.07) is 19.9. The Bertz CT molecular complexity index is 1260. The molecule has 0 bridgehead atoms. The number of benzene rings is 2. The van der Waals surface area contributed by atoms with Crippen molar-refractivity contribution >= 4 is 56.2 Å². The van der Waals surface area contributed by atoms with Crippen molar-refractivity contribution in [2.24, 2.45) is 5.73 Å². The number of halogens is 1. The number of carbonyl (C=O) groups excluding carboxylic acids is 2. The third-order valence-corrected chi connectivity index (χ3v) is 5.10. The highest BCUT2D eigenvalue weighted by molar-refractivity contribution is 9.10. The average Bonchev–Trinajstić information content (AvgIpc) is 3.15. The highest BCUT2D eigenvalue weighted by atomic mass is 79.9. The largest absolute Gasteiger partial charge is 0.366 e. The van der Waals surface area contributed by atoms with Crippen molar-refractivity contribution in [1.29, 1.82) is 0 Å². The average molecular weight is 461 g/mol. The number of hydrogen-bond donors (Lipinski definition) is 3. The van der Waals surface area contributed by atoms with Crippen molar-refractivity contribution < 1.29 is 9.59 Å². The minimum Gasteiger partial charge on any atom is -0.366 e. The zero-order valence-electron chi connectivity index (χ0n) is 15.7. The topological polar surface area (TPSA) is 101 Å². The molecule has 6 nitrogen and oxygen atoms in total. The summed E-state index contributed by atoms with van der Waals surface area (Å²) in [4.78, 5) is 31.9. The van der Waals surface area contributed by atoms with Crippen LogP contribution in [0.2, 0.25) is 0 Å². The van der Waals surface area contributed by atoms with E-state index >= 15 is 0 Å². The van der Waals surface area contributed by atoms with Crippen molar-refractivity contribution in [2.45, 2.75) is 0 Å². The van der Waals surface area contributed by atoms with Crippen LogP contribution in [0.5, 0.6) is 0 Å². The third-order valence-electron chi connectivity index (χ3n) is 4.57. The van der Waals surface area contributed by atoms with Gasteiger partial charge in [0.05, 0.1) is 0 Å². The number of aromatic amines is 1. The lowest BCUT2D eigenvalue weighted by Crippen LogP contribution is -2.13. The van der Waals surface area contributed by atoms with E-state index in [9.17, 15) is 9.59 Å². The Morgan fingerprint density at radius 1 is 0.967 bits per heavy atom. The van der Waals surface area contributed by atoms with Crippen LogP contribution in [0.25, 0.3) is 22.7 Å². The number of nitrogens with zero attached hydrogens (tertiary/aromatic N) is 1. The molecular weight excluding hydrogens is 444 g/mol. The van der Waals surface area contributed by atoms with Crippen LogP contribution in [0.1, 0.15) is 21.5 Å². The molecule has 0 aliphatic rings. The number of rotatable bonds is 5. The van der Waals surface area contributed by atoms with E-state index in [0.717, 1.165) is 21.0 Å². The maximum Gasteiger partial charge on any atom is 0.256 e. The molecule has 0 aliphatic heterocycles. The molecule has 2 heterocycles. The zero-order valence-corrected chi connectivity index (χ0v) is 17.3. The Hall–Kier alpha value is -3.71. The number of aromatic nitrogens is 2. The SMILES string of the molecule is NC(=O)/C(=C\c1c[nH]c2nc(NC(=O)c3ccc(Br)cc3)ccc12)c1ccccc1.